The van der Waals surface area contributed by atoms with Gasteiger partial charge in [0.1, 0.15) is 11.9 Å². The number of hydrogen-bond donors (Lipinski definition) is 0. The smallest absolute Gasteiger partial charge is 0.220 e. The van der Waals surface area contributed by atoms with E-state index in [4.69, 9.17) is 0 Å². The lowest BCUT2D eigenvalue weighted by Gasteiger charge is -2.28. The van der Waals surface area contributed by atoms with E-state index in [1.165, 1.54) is 17.2 Å². The third kappa shape index (κ3) is 2.51. The third-order valence-corrected chi connectivity index (χ3v) is 5.46. The Hall–Kier alpha value is -2.85. The minimum Gasteiger partial charge on any atom is -0.378 e. The molecule has 0 bridgehead atoms. The molecule has 3 rings (SSSR count). The summed E-state index contributed by atoms with van der Waals surface area (Å²) in [6.07, 6.45) is 1.22. The van der Waals surface area contributed by atoms with E-state index in [2.05, 4.69) is 0 Å². The van der Waals surface area contributed by atoms with Crippen LogP contribution in [0.25, 0.3) is 0 Å². The zero-order chi connectivity index (χ0) is 17.5. The van der Waals surface area contributed by atoms with Crippen LogP contribution >= 0.6 is 0 Å². The fourth-order valence-electron chi connectivity index (χ4n) is 2.49. The summed E-state index contributed by atoms with van der Waals surface area (Å²) in [4.78, 5) is 2.98. The monoisotopic (exact) mass is 343 g/mol. The largest absolute Gasteiger partial charge is 0.378 e. The molecule has 0 saturated heterocycles. The van der Waals surface area contributed by atoms with E-state index >= 15 is 0 Å². The normalized spacial score (nSPS) is 15.2. The number of nitriles is 1. The Morgan fingerprint density at radius 2 is 1.79 bits per heavy atom. The van der Waals surface area contributed by atoms with Crippen LogP contribution in [0, 0.1) is 17.1 Å². The molecule has 0 saturated carbocycles. The van der Waals surface area contributed by atoms with Crippen molar-refractivity contribution >= 4 is 26.9 Å². The maximum Gasteiger partial charge on any atom is 0.220 e. The van der Waals surface area contributed by atoms with E-state index < -0.39 is 15.7 Å². The Morgan fingerprint density at radius 3 is 2.38 bits per heavy atom. The van der Waals surface area contributed by atoms with Crippen LogP contribution < -0.4 is 9.80 Å². The average molecular weight is 343 g/mol. The van der Waals surface area contributed by atoms with Crippen LogP contribution in [0.3, 0.4) is 0 Å². The zero-order valence-corrected chi connectivity index (χ0v) is 13.9. The number of sulfone groups is 1. The first-order chi connectivity index (χ1) is 11.3. The summed E-state index contributed by atoms with van der Waals surface area (Å²) in [6, 6.07) is 12.4. The molecule has 0 amide bonds. The highest BCUT2D eigenvalue weighted by Gasteiger charge is 2.32. The van der Waals surface area contributed by atoms with Gasteiger partial charge in [0.05, 0.1) is 10.6 Å². The summed E-state index contributed by atoms with van der Waals surface area (Å²) in [5.41, 5.74) is 1.79. The second-order valence-electron chi connectivity index (χ2n) is 5.50. The number of benzene rings is 2. The summed E-state index contributed by atoms with van der Waals surface area (Å²) in [5, 5.41) is 9.18. The average Bonchev–Trinajstić information content (AvgIpc) is 2.55. The molecule has 0 aromatic heterocycles. The van der Waals surface area contributed by atoms with E-state index in [0.717, 1.165) is 17.8 Å². The lowest BCUT2D eigenvalue weighted by Crippen LogP contribution is -2.21. The van der Waals surface area contributed by atoms with Gasteiger partial charge < -0.3 is 9.80 Å². The fourth-order valence-corrected chi connectivity index (χ4v) is 3.78. The lowest BCUT2D eigenvalue weighted by atomic mass is 10.2. The molecule has 122 valence electrons. The molecule has 1 aliphatic heterocycles. The van der Waals surface area contributed by atoms with E-state index in [1.807, 2.05) is 31.1 Å². The first-order valence-corrected chi connectivity index (χ1v) is 8.56. The summed E-state index contributed by atoms with van der Waals surface area (Å²) in [5.74, 6) is -0.548. The number of anilines is 3. The molecule has 0 N–H and O–H groups in total. The molecule has 5 nitrogen and oxygen atoms in total. The van der Waals surface area contributed by atoms with Crippen LogP contribution in [0.4, 0.5) is 21.5 Å². The summed E-state index contributed by atoms with van der Waals surface area (Å²) in [7, 11) is -0.122. The van der Waals surface area contributed by atoms with Gasteiger partial charge in [-0.3, -0.25) is 0 Å². The minimum absolute atomic E-state index is 0.0837. The summed E-state index contributed by atoms with van der Waals surface area (Å²) in [6.45, 7) is 0. The molecule has 2 aromatic carbocycles. The van der Waals surface area contributed by atoms with Gasteiger partial charge in [0.25, 0.3) is 0 Å². The summed E-state index contributed by atoms with van der Waals surface area (Å²) < 4.78 is 38.5. The van der Waals surface area contributed by atoms with Crippen LogP contribution in [-0.2, 0) is 9.84 Å². The van der Waals surface area contributed by atoms with Crippen molar-refractivity contribution in [2.45, 2.75) is 4.90 Å². The van der Waals surface area contributed by atoms with Crippen molar-refractivity contribution in [2.24, 2.45) is 0 Å². The second kappa shape index (κ2) is 5.65. The van der Waals surface area contributed by atoms with Crippen molar-refractivity contribution in [3.8, 4) is 6.07 Å². The third-order valence-electron chi connectivity index (χ3n) is 3.76. The number of hydrogen-bond acceptors (Lipinski definition) is 5. The Bertz CT molecular complexity index is 974. The Balaban J connectivity index is 2.21. The molecule has 0 aliphatic carbocycles. The van der Waals surface area contributed by atoms with Gasteiger partial charge in [-0.2, -0.15) is 5.26 Å². The predicted molar refractivity (Wildman–Crippen MR) is 90.2 cm³/mol. The molecule has 0 radical (unpaired) electrons. The topological polar surface area (TPSA) is 64.4 Å². The number of fused-ring (bicyclic) bond motifs is 1. The van der Waals surface area contributed by atoms with E-state index in [-0.39, 0.29) is 15.5 Å². The van der Waals surface area contributed by atoms with Gasteiger partial charge in [-0.25, -0.2) is 12.8 Å². The predicted octanol–water partition coefficient (Wildman–Crippen LogP) is 3.18. The number of nitrogens with zero attached hydrogens (tertiary/aromatic N) is 3. The van der Waals surface area contributed by atoms with Gasteiger partial charge in [0, 0.05) is 31.7 Å². The molecule has 0 unspecified atom stereocenters. The van der Waals surface area contributed by atoms with Gasteiger partial charge in [0.15, 0.2) is 4.91 Å². The standard InChI is InChI=1S/C17H14FN3O2S/c1-20(2)13-4-6-14(7-5-13)21-11-15(10-19)24(22,23)17-8-3-12(18)9-16(17)21/h3-9,11H,1-2H3. The second-order valence-corrected chi connectivity index (χ2v) is 7.39. The molecule has 0 spiro atoms. The Labute approximate surface area is 139 Å². The highest BCUT2D eigenvalue weighted by molar-refractivity contribution is 7.95. The number of rotatable bonds is 2. The molecular formula is C17H14FN3O2S. The molecule has 0 fully saturated rings. The molecular weight excluding hydrogens is 329 g/mol. The van der Waals surface area contributed by atoms with Crippen LogP contribution in [-0.4, -0.2) is 22.5 Å². The minimum atomic E-state index is -3.93. The van der Waals surface area contributed by atoms with Gasteiger partial charge >= 0.3 is 0 Å². The van der Waals surface area contributed by atoms with Crippen molar-refractivity contribution < 1.29 is 12.8 Å². The highest BCUT2D eigenvalue weighted by atomic mass is 32.2. The summed E-state index contributed by atoms with van der Waals surface area (Å²) >= 11 is 0. The Morgan fingerprint density at radius 1 is 1.12 bits per heavy atom. The van der Waals surface area contributed by atoms with Crippen LogP contribution in [0.1, 0.15) is 0 Å². The molecule has 1 aliphatic rings. The van der Waals surface area contributed by atoms with Gasteiger partial charge in [0.2, 0.25) is 9.84 Å². The zero-order valence-electron chi connectivity index (χ0n) is 13.1. The molecule has 0 atom stereocenters. The molecule has 7 heteroatoms. The van der Waals surface area contributed by atoms with Crippen molar-refractivity contribution in [1.82, 2.24) is 0 Å². The van der Waals surface area contributed by atoms with Crippen molar-refractivity contribution in [3.05, 3.63) is 59.4 Å². The maximum absolute atomic E-state index is 13.7. The van der Waals surface area contributed by atoms with Crippen LogP contribution in [0.15, 0.2) is 58.5 Å². The van der Waals surface area contributed by atoms with Crippen molar-refractivity contribution in [2.75, 3.05) is 23.9 Å². The first kappa shape index (κ1) is 16.0. The highest BCUT2D eigenvalue weighted by Crippen LogP contribution is 2.39. The van der Waals surface area contributed by atoms with Crippen LogP contribution in [0.5, 0.6) is 0 Å². The molecule has 24 heavy (non-hydrogen) atoms. The quantitative estimate of drug-likeness (QED) is 0.784. The molecule has 2 aromatic rings. The van der Waals surface area contributed by atoms with E-state index in [9.17, 15) is 18.1 Å². The maximum atomic E-state index is 13.7. The van der Waals surface area contributed by atoms with Crippen LogP contribution in [0.2, 0.25) is 0 Å². The van der Waals surface area contributed by atoms with Crippen molar-refractivity contribution in [3.63, 3.8) is 0 Å². The van der Waals surface area contributed by atoms with E-state index in [0.29, 0.717) is 5.69 Å². The molecule has 1 heterocycles. The van der Waals surface area contributed by atoms with Gasteiger partial charge in [-0.1, -0.05) is 0 Å². The lowest BCUT2D eigenvalue weighted by molar-refractivity contribution is 0.600. The number of allylic oxidation sites excluding steroid dienone is 1. The fraction of sp³-hybridized carbons (Fsp3) is 0.118. The van der Waals surface area contributed by atoms with Gasteiger partial charge in [-0.05, 0) is 42.5 Å². The van der Waals surface area contributed by atoms with Crippen molar-refractivity contribution in [1.29, 1.82) is 5.26 Å². The first-order valence-electron chi connectivity index (χ1n) is 7.08. The Kier molecular flexibility index (Phi) is 3.78. The SMILES string of the molecule is CN(C)c1ccc(N2C=C(C#N)S(=O)(=O)c3ccc(F)cc32)cc1. The van der Waals surface area contributed by atoms with E-state index in [1.54, 1.807) is 18.2 Å². The number of halogens is 1. The van der Waals surface area contributed by atoms with Gasteiger partial charge in [-0.15, -0.1) is 0 Å².